The highest BCUT2D eigenvalue weighted by Crippen LogP contribution is 2.20. The summed E-state index contributed by atoms with van der Waals surface area (Å²) in [5, 5.41) is 8.75. The maximum Gasteiger partial charge on any atom is 0.160 e. The number of hydrogen-bond donors (Lipinski definition) is 0. The van der Waals surface area contributed by atoms with Gasteiger partial charge in [0.1, 0.15) is 0 Å². The van der Waals surface area contributed by atoms with Gasteiger partial charge in [0.2, 0.25) is 0 Å². The largest absolute Gasteiger partial charge is 0.367 e. The monoisotopic (exact) mass is 272 g/mol. The van der Waals surface area contributed by atoms with E-state index in [1.165, 1.54) is 6.07 Å². The Kier molecular flexibility index (Phi) is 4.31. The summed E-state index contributed by atoms with van der Waals surface area (Å²) in [6.07, 6.45) is 0. The molecular weight excluding hydrogens is 258 g/mol. The first-order valence-corrected chi connectivity index (χ1v) is 6.33. The van der Waals surface area contributed by atoms with Gasteiger partial charge in [-0.15, -0.1) is 0 Å². The van der Waals surface area contributed by atoms with E-state index in [-0.39, 0.29) is 0 Å². The van der Waals surface area contributed by atoms with Gasteiger partial charge >= 0.3 is 0 Å². The van der Waals surface area contributed by atoms with Crippen LogP contribution < -0.4 is 4.90 Å². The Morgan fingerprint density at radius 2 is 1.75 bits per heavy atom. The lowest BCUT2D eigenvalue weighted by molar-refractivity contribution is 0.508. The molecule has 0 atom stereocenters. The second kappa shape index (κ2) is 6.16. The minimum Gasteiger partial charge on any atom is -0.367 e. The lowest BCUT2D eigenvalue weighted by Crippen LogP contribution is -2.22. The third-order valence-electron chi connectivity index (χ3n) is 3.11. The zero-order chi connectivity index (χ0) is 14.5. The number of halogens is 2. The van der Waals surface area contributed by atoms with Gasteiger partial charge < -0.3 is 4.90 Å². The third-order valence-corrected chi connectivity index (χ3v) is 3.11. The zero-order valence-corrected chi connectivity index (χ0v) is 11.1. The minimum absolute atomic E-state index is 0.577. The number of rotatable bonds is 4. The molecule has 4 heteroatoms. The highest BCUT2D eigenvalue weighted by molar-refractivity contribution is 5.47. The van der Waals surface area contributed by atoms with Gasteiger partial charge in [-0.25, -0.2) is 8.78 Å². The topological polar surface area (TPSA) is 27.0 Å². The van der Waals surface area contributed by atoms with Crippen LogP contribution in [0.1, 0.15) is 18.1 Å². The van der Waals surface area contributed by atoms with Crippen LogP contribution in [0.5, 0.6) is 0 Å². The SMILES string of the molecule is CCN(Cc1ccc(C#N)cc1)c1ccc(F)c(F)c1. The molecule has 2 nitrogen and oxygen atoms in total. The molecule has 0 saturated heterocycles. The van der Waals surface area contributed by atoms with E-state index in [2.05, 4.69) is 6.07 Å². The Hall–Kier alpha value is -2.41. The summed E-state index contributed by atoms with van der Waals surface area (Å²) >= 11 is 0. The van der Waals surface area contributed by atoms with Gasteiger partial charge in [0.25, 0.3) is 0 Å². The number of nitriles is 1. The summed E-state index contributed by atoms with van der Waals surface area (Å²) in [5.74, 6) is -1.69. The highest BCUT2D eigenvalue weighted by atomic mass is 19.2. The molecule has 0 heterocycles. The molecule has 2 aromatic rings. The molecule has 0 aliphatic carbocycles. The summed E-state index contributed by atoms with van der Waals surface area (Å²) in [4.78, 5) is 1.93. The first-order chi connectivity index (χ1) is 9.63. The van der Waals surface area contributed by atoms with Crippen LogP contribution in [0.3, 0.4) is 0 Å². The van der Waals surface area contributed by atoms with Crippen LogP contribution in [-0.2, 0) is 6.54 Å². The molecule has 0 saturated carbocycles. The normalized spacial score (nSPS) is 10.1. The van der Waals surface area contributed by atoms with Crippen LogP contribution in [0.25, 0.3) is 0 Å². The Balaban J connectivity index is 2.19. The minimum atomic E-state index is -0.847. The van der Waals surface area contributed by atoms with Crippen molar-refractivity contribution in [1.82, 2.24) is 0 Å². The summed E-state index contributed by atoms with van der Waals surface area (Å²) in [5.41, 5.74) is 2.25. The molecule has 0 bridgehead atoms. The summed E-state index contributed by atoms with van der Waals surface area (Å²) < 4.78 is 26.2. The van der Waals surface area contributed by atoms with E-state index < -0.39 is 11.6 Å². The number of nitrogens with zero attached hydrogens (tertiary/aromatic N) is 2. The van der Waals surface area contributed by atoms with E-state index in [1.54, 1.807) is 18.2 Å². The van der Waals surface area contributed by atoms with Crippen molar-refractivity contribution >= 4 is 5.69 Å². The maximum absolute atomic E-state index is 13.3. The summed E-state index contributed by atoms with van der Waals surface area (Å²) in [7, 11) is 0. The van der Waals surface area contributed by atoms with E-state index in [0.717, 1.165) is 11.6 Å². The van der Waals surface area contributed by atoms with Gasteiger partial charge in [0.05, 0.1) is 11.6 Å². The first-order valence-electron chi connectivity index (χ1n) is 6.33. The second-order valence-electron chi connectivity index (χ2n) is 4.42. The third kappa shape index (κ3) is 3.12. The van der Waals surface area contributed by atoms with E-state index in [0.29, 0.717) is 24.3 Å². The fraction of sp³-hybridized carbons (Fsp3) is 0.188. The van der Waals surface area contributed by atoms with Crippen molar-refractivity contribution in [3.63, 3.8) is 0 Å². The molecule has 2 aromatic carbocycles. The van der Waals surface area contributed by atoms with Crippen LogP contribution in [0.2, 0.25) is 0 Å². The van der Waals surface area contributed by atoms with Crippen LogP contribution in [0.15, 0.2) is 42.5 Å². The van der Waals surface area contributed by atoms with E-state index in [4.69, 9.17) is 5.26 Å². The lowest BCUT2D eigenvalue weighted by Gasteiger charge is -2.23. The summed E-state index contributed by atoms with van der Waals surface area (Å²) in [6.45, 7) is 3.20. The number of anilines is 1. The quantitative estimate of drug-likeness (QED) is 0.845. The standard InChI is InChI=1S/C16H14F2N2/c1-2-20(14-7-8-15(17)16(18)9-14)11-13-5-3-12(10-19)4-6-13/h3-9H,2,11H2,1H3. The molecular formula is C16H14F2N2. The molecule has 2 rings (SSSR count). The molecule has 0 amide bonds. The first kappa shape index (κ1) is 14.0. The zero-order valence-electron chi connectivity index (χ0n) is 11.1. The van der Waals surface area contributed by atoms with Crippen molar-refractivity contribution in [2.45, 2.75) is 13.5 Å². The van der Waals surface area contributed by atoms with Crippen molar-refractivity contribution in [1.29, 1.82) is 5.26 Å². The molecule has 0 unspecified atom stereocenters. The smallest absolute Gasteiger partial charge is 0.160 e. The van der Waals surface area contributed by atoms with Crippen molar-refractivity contribution in [2.75, 3.05) is 11.4 Å². The fourth-order valence-corrected chi connectivity index (χ4v) is 1.97. The van der Waals surface area contributed by atoms with Crippen LogP contribution in [-0.4, -0.2) is 6.54 Å². The summed E-state index contributed by atoms with van der Waals surface area (Å²) in [6, 6.07) is 13.2. The molecule has 0 fully saturated rings. The molecule has 0 aromatic heterocycles. The Labute approximate surface area is 116 Å². The van der Waals surface area contributed by atoms with Gasteiger partial charge in [0, 0.05) is 24.8 Å². The number of benzene rings is 2. The van der Waals surface area contributed by atoms with Crippen molar-refractivity contribution in [2.24, 2.45) is 0 Å². The molecule has 20 heavy (non-hydrogen) atoms. The van der Waals surface area contributed by atoms with Crippen molar-refractivity contribution < 1.29 is 8.78 Å². The molecule has 0 spiro atoms. The van der Waals surface area contributed by atoms with Crippen LogP contribution >= 0.6 is 0 Å². The van der Waals surface area contributed by atoms with Crippen LogP contribution in [0, 0.1) is 23.0 Å². The van der Waals surface area contributed by atoms with Crippen molar-refractivity contribution in [3.8, 4) is 6.07 Å². The molecule has 0 aliphatic heterocycles. The molecule has 0 aliphatic rings. The fourth-order valence-electron chi connectivity index (χ4n) is 1.97. The van der Waals surface area contributed by atoms with Gasteiger partial charge in [-0.1, -0.05) is 12.1 Å². The number of hydrogen-bond acceptors (Lipinski definition) is 2. The Morgan fingerprint density at radius 3 is 2.30 bits per heavy atom. The van der Waals surface area contributed by atoms with Gasteiger partial charge in [-0.05, 0) is 36.8 Å². The van der Waals surface area contributed by atoms with Gasteiger partial charge in [0.15, 0.2) is 11.6 Å². The van der Waals surface area contributed by atoms with Gasteiger partial charge in [-0.2, -0.15) is 5.26 Å². The highest BCUT2D eigenvalue weighted by Gasteiger charge is 2.09. The van der Waals surface area contributed by atoms with E-state index >= 15 is 0 Å². The second-order valence-corrected chi connectivity index (χ2v) is 4.42. The molecule has 0 radical (unpaired) electrons. The average Bonchev–Trinajstić information content (AvgIpc) is 2.48. The molecule has 0 N–H and O–H groups in total. The van der Waals surface area contributed by atoms with Crippen molar-refractivity contribution in [3.05, 3.63) is 65.2 Å². The average molecular weight is 272 g/mol. The lowest BCUT2D eigenvalue weighted by atomic mass is 10.1. The predicted octanol–water partition coefficient (Wildman–Crippen LogP) is 3.86. The molecule has 102 valence electrons. The van der Waals surface area contributed by atoms with E-state index in [1.807, 2.05) is 24.0 Å². The van der Waals surface area contributed by atoms with E-state index in [9.17, 15) is 8.78 Å². The van der Waals surface area contributed by atoms with Gasteiger partial charge in [-0.3, -0.25) is 0 Å². The maximum atomic E-state index is 13.3. The predicted molar refractivity (Wildman–Crippen MR) is 74.2 cm³/mol. The van der Waals surface area contributed by atoms with Crippen LogP contribution in [0.4, 0.5) is 14.5 Å². The Morgan fingerprint density at radius 1 is 1.05 bits per heavy atom. The Bertz CT molecular complexity index is 630.